The van der Waals surface area contributed by atoms with Crippen LogP contribution in [0.2, 0.25) is 0 Å². The van der Waals surface area contributed by atoms with E-state index in [2.05, 4.69) is 10.6 Å². The summed E-state index contributed by atoms with van der Waals surface area (Å²) >= 11 is 0. The van der Waals surface area contributed by atoms with Gasteiger partial charge < -0.3 is 54.1 Å². The van der Waals surface area contributed by atoms with Crippen LogP contribution < -0.4 is 34.0 Å². The Morgan fingerprint density at radius 3 is 1.06 bits per heavy atom. The topological polar surface area (TPSA) is 46.7 Å². The normalized spacial score (nSPS) is 13.0. The summed E-state index contributed by atoms with van der Waals surface area (Å²) in [5.41, 5.74) is 2.14. The third-order valence-electron chi connectivity index (χ3n) is 3.85. The Hall–Kier alpha value is -0.197. The molecule has 2 saturated heterocycles. The SMILES string of the molecule is C1CCOC1.C1CCOC1.CC[N-]c1ccccc1.CC[N-]c1ccccc1.[Br-].[Br-].[Zr+4]. The molecule has 7 heteroatoms. The molecule has 0 bridgehead atoms. The second kappa shape index (κ2) is 27.8. The first-order valence-electron chi connectivity index (χ1n) is 10.5. The van der Waals surface area contributed by atoms with E-state index in [-0.39, 0.29) is 60.2 Å². The van der Waals surface area contributed by atoms with Crippen LogP contribution in [0.4, 0.5) is 11.4 Å². The van der Waals surface area contributed by atoms with Crippen LogP contribution >= 0.6 is 0 Å². The minimum absolute atomic E-state index is 0. The molecule has 0 spiro atoms. The monoisotopic (exact) mass is 632 g/mol. The number of benzene rings is 2. The van der Waals surface area contributed by atoms with Crippen LogP contribution in [0, 0.1) is 0 Å². The molecule has 2 aromatic rings. The Morgan fingerprint density at radius 2 is 0.871 bits per heavy atom. The average molecular weight is 636 g/mol. The molecular formula is C24H36Br2N2O2Zr. The molecule has 0 aliphatic carbocycles. The van der Waals surface area contributed by atoms with E-state index in [1.54, 1.807) is 0 Å². The summed E-state index contributed by atoms with van der Waals surface area (Å²) in [5.74, 6) is 0. The molecule has 4 rings (SSSR count). The average Bonchev–Trinajstić information content (AvgIpc) is 3.50. The van der Waals surface area contributed by atoms with E-state index in [0.29, 0.717) is 0 Å². The van der Waals surface area contributed by atoms with E-state index in [1.165, 1.54) is 25.7 Å². The van der Waals surface area contributed by atoms with Gasteiger partial charge in [0.05, 0.1) is 0 Å². The molecule has 0 unspecified atom stereocenters. The molecule has 31 heavy (non-hydrogen) atoms. The molecule has 2 fully saturated rings. The molecule has 0 saturated carbocycles. The summed E-state index contributed by atoms with van der Waals surface area (Å²) in [6.07, 6.45) is 5.11. The van der Waals surface area contributed by atoms with Crippen LogP contribution in [0.5, 0.6) is 0 Å². The van der Waals surface area contributed by atoms with Gasteiger partial charge in [-0.2, -0.15) is 0 Å². The van der Waals surface area contributed by atoms with Crippen LogP contribution in [-0.2, 0) is 35.7 Å². The van der Waals surface area contributed by atoms with Crippen molar-refractivity contribution in [1.29, 1.82) is 0 Å². The van der Waals surface area contributed by atoms with Crippen LogP contribution in [-0.4, -0.2) is 39.5 Å². The van der Waals surface area contributed by atoms with Gasteiger partial charge in [0.2, 0.25) is 0 Å². The van der Waals surface area contributed by atoms with E-state index in [0.717, 1.165) is 50.9 Å². The smallest absolute Gasteiger partial charge is 1.00 e. The molecular weight excluding hydrogens is 599 g/mol. The van der Waals surface area contributed by atoms with E-state index >= 15 is 0 Å². The fraction of sp³-hybridized carbons (Fsp3) is 0.500. The number of para-hydroxylation sites is 2. The zero-order chi connectivity index (χ0) is 20.1. The van der Waals surface area contributed by atoms with Crippen molar-refractivity contribution >= 4 is 11.4 Å². The maximum Gasteiger partial charge on any atom is 4.00 e. The molecule has 2 aliphatic rings. The third-order valence-corrected chi connectivity index (χ3v) is 3.85. The maximum atomic E-state index is 4.94. The third kappa shape index (κ3) is 22.8. The van der Waals surface area contributed by atoms with Crippen LogP contribution in [0.15, 0.2) is 60.7 Å². The summed E-state index contributed by atoms with van der Waals surface area (Å²) in [6.45, 7) is 9.80. The van der Waals surface area contributed by atoms with E-state index < -0.39 is 0 Å². The van der Waals surface area contributed by atoms with Crippen molar-refractivity contribution in [2.75, 3.05) is 39.5 Å². The van der Waals surface area contributed by atoms with Gasteiger partial charge in [0.25, 0.3) is 0 Å². The fourth-order valence-corrected chi connectivity index (χ4v) is 2.45. The van der Waals surface area contributed by atoms with Crippen molar-refractivity contribution < 1.29 is 69.6 Å². The van der Waals surface area contributed by atoms with Crippen molar-refractivity contribution in [3.8, 4) is 0 Å². The maximum absolute atomic E-state index is 4.94. The molecule has 0 radical (unpaired) electrons. The summed E-state index contributed by atoms with van der Waals surface area (Å²) in [5, 5.41) is 8.41. The number of rotatable bonds is 4. The van der Waals surface area contributed by atoms with Crippen LogP contribution in [0.3, 0.4) is 0 Å². The van der Waals surface area contributed by atoms with Crippen LogP contribution in [0.25, 0.3) is 10.6 Å². The molecule has 0 N–H and O–H groups in total. The number of halogens is 2. The Balaban J connectivity index is -0.000000337. The Morgan fingerprint density at radius 1 is 0.581 bits per heavy atom. The molecule has 2 heterocycles. The van der Waals surface area contributed by atoms with Gasteiger partial charge in [-0.1, -0.05) is 74.5 Å². The van der Waals surface area contributed by atoms with Crippen LogP contribution in [0.1, 0.15) is 39.5 Å². The molecule has 172 valence electrons. The largest absolute Gasteiger partial charge is 4.00 e. The first-order valence-corrected chi connectivity index (χ1v) is 10.5. The fourth-order valence-electron chi connectivity index (χ4n) is 2.45. The van der Waals surface area contributed by atoms with Crippen molar-refractivity contribution in [3.63, 3.8) is 0 Å². The molecule has 2 aliphatic heterocycles. The van der Waals surface area contributed by atoms with E-state index in [1.807, 2.05) is 74.5 Å². The van der Waals surface area contributed by atoms with Crippen molar-refractivity contribution in [3.05, 3.63) is 71.3 Å². The Labute approximate surface area is 229 Å². The molecule has 0 aromatic heterocycles. The standard InChI is InChI=1S/2C8H10N.2C4H8O.2BrH.Zr/c2*1-2-9-8-6-4-3-5-7-8;2*1-2-4-5-3-1;;;/h2*3-7H,2H2,1H3;2*1-4H2;2*1H;/q2*-1;;;;;+4/p-2. The zero-order valence-corrected chi connectivity index (χ0v) is 24.4. The van der Waals surface area contributed by atoms with Gasteiger partial charge in [0.15, 0.2) is 0 Å². The van der Waals surface area contributed by atoms with Gasteiger partial charge >= 0.3 is 26.2 Å². The predicted molar refractivity (Wildman–Crippen MR) is 120 cm³/mol. The predicted octanol–water partition coefficient (Wildman–Crippen LogP) is 1.02. The minimum Gasteiger partial charge on any atom is -1.00 e. The van der Waals surface area contributed by atoms with Crippen molar-refractivity contribution in [1.82, 2.24) is 0 Å². The summed E-state index contributed by atoms with van der Waals surface area (Å²) in [6, 6.07) is 20.0. The summed E-state index contributed by atoms with van der Waals surface area (Å²) in [4.78, 5) is 0. The van der Waals surface area contributed by atoms with Gasteiger partial charge in [-0.15, -0.1) is 24.5 Å². The molecule has 2 aromatic carbocycles. The molecule has 0 atom stereocenters. The first kappa shape index (κ1) is 35.4. The number of nitrogens with zero attached hydrogens (tertiary/aromatic N) is 2. The quantitative estimate of drug-likeness (QED) is 0.505. The Kier molecular flexibility index (Phi) is 31.8. The van der Waals surface area contributed by atoms with Gasteiger partial charge in [0.1, 0.15) is 0 Å². The van der Waals surface area contributed by atoms with E-state index in [4.69, 9.17) is 9.47 Å². The first-order chi connectivity index (χ1) is 13.9. The van der Waals surface area contributed by atoms with Gasteiger partial charge in [0, 0.05) is 26.4 Å². The van der Waals surface area contributed by atoms with Gasteiger partial charge in [-0.25, -0.2) is 0 Å². The van der Waals surface area contributed by atoms with Gasteiger partial charge in [-0.3, -0.25) is 0 Å². The van der Waals surface area contributed by atoms with Crippen molar-refractivity contribution in [2.45, 2.75) is 39.5 Å². The second-order valence-electron chi connectivity index (χ2n) is 6.26. The molecule has 0 amide bonds. The number of hydrogen-bond acceptors (Lipinski definition) is 2. The van der Waals surface area contributed by atoms with Crippen molar-refractivity contribution in [2.24, 2.45) is 0 Å². The molecule has 4 nitrogen and oxygen atoms in total. The zero-order valence-electron chi connectivity index (χ0n) is 18.8. The summed E-state index contributed by atoms with van der Waals surface area (Å²) in [7, 11) is 0. The summed E-state index contributed by atoms with van der Waals surface area (Å²) < 4.78 is 9.89. The van der Waals surface area contributed by atoms with E-state index in [9.17, 15) is 0 Å². The number of hydrogen-bond donors (Lipinski definition) is 0. The Bertz CT molecular complexity index is 491. The minimum atomic E-state index is 0. The number of ether oxygens (including phenoxy) is 2. The second-order valence-corrected chi connectivity index (χ2v) is 6.26. The van der Waals surface area contributed by atoms with Gasteiger partial charge in [-0.05, 0) is 25.7 Å².